The molecule has 0 spiro atoms. The molecule has 0 aliphatic heterocycles. The molecule has 21 heavy (non-hydrogen) atoms. The van der Waals surface area contributed by atoms with Crippen LogP contribution in [0.2, 0.25) is 0 Å². The van der Waals surface area contributed by atoms with Gasteiger partial charge in [0.1, 0.15) is 0 Å². The highest BCUT2D eigenvalue weighted by Crippen LogP contribution is 2.31. The quantitative estimate of drug-likeness (QED) is 0.886. The first-order valence-electron chi connectivity index (χ1n) is 7.07. The Morgan fingerprint density at radius 3 is 2.76 bits per heavy atom. The van der Waals surface area contributed by atoms with E-state index in [1.807, 2.05) is 44.2 Å². The number of amides is 1. The average molecular weight is 282 g/mol. The highest BCUT2D eigenvalue weighted by atomic mass is 16.3. The molecule has 108 valence electrons. The van der Waals surface area contributed by atoms with E-state index in [9.17, 15) is 9.90 Å². The molecule has 0 saturated carbocycles. The predicted octanol–water partition coefficient (Wildman–Crippen LogP) is 2.09. The first-order valence-corrected chi connectivity index (χ1v) is 7.07. The van der Waals surface area contributed by atoms with E-state index in [-0.39, 0.29) is 11.9 Å². The molecule has 0 unspecified atom stereocenters. The van der Waals surface area contributed by atoms with Gasteiger partial charge in [0.05, 0.1) is 23.4 Å². The highest BCUT2D eigenvalue weighted by molar-refractivity contribution is 5.95. The van der Waals surface area contributed by atoms with Gasteiger partial charge in [-0.05, 0) is 37.1 Å². The van der Waals surface area contributed by atoms with Crippen LogP contribution in [0.25, 0.3) is 0 Å². The Balaban J connectivity index is 1.85. The van der Waals surface area contributed by atoms with Crippen molar-refractivity contribution in [1.82, 2.24) is 10.3 Å². The number of carbonyl (C=O) groups is 1. The van der Waals surface area contributed by atoms with Gasteiger partial charge in [-0.1, -0.05) is 24.3 Å². The largest absolute Gasteiger partial charge is 0.390 e. The zero-order valence-electron chi connectivity index (χ0n) is 12.1. The number of aliphatic hydroxyl groups is 1. The molecule has 0 bridgehead atoms. The van der Waals surface area contributed by atoms with E-state index in [2.05, 4.69) is 10.3 Å². The molecule has 1 heterocycles. The van der Waals surface area contributed by atoms with Crippen LogP contribution in [0.1, 0.15) is 38.9 Å². The third-order valence-corrected chi connectivity index (χ3v) is 3.96. The molecule has 1 aromatic carbocycles. The van der Waals surface area contributed by atoms with Gasteiger partial charge in [-0.2, -0.15) is 0 Å². The van der Waals surface area contributed by atoms with E-state index < -0.39 is 6.10 Å². The Kier molecular flexibility index (Phi) is 3.47. The van der Waals surface area contributed by atoms with E-state index in [0.29, 0.717) is 17.7 Å². The second-order valence-corrected chi connectivity index (χ2v) is 5.51. The number of hydrogen-bond donors (Lipinski definition) is 2. The summed E-state index contributed by atoms with van der Waals surface area (Å²) in [6, 6.07) is 11.1. The first-order chi connectivity index (χ1) is 10.1. The second-order valence-electron chi connectivity index (χ2n) is 5.51. The number of aryl methyl sites for hydroxylation is 2. The van der Waals surface area contributed by atoms with E-state index in [1.54, 1.807) is 6.07 Å². The van der Waals surface area contributed by atoms with E-state index in [1.165, 1.54) is 0 Å². The topological polar surface area (TPSA) is 62.2 Å². The zero-order chi connectivity index (χ0) is 15.0. The van der Waals surface area contributed by atoms with Crippen molar-refractivity contribution < 1.29 is 9.90 Å². The summed E-state index contributed by atoms with van der Waals surface area (Å²) in [4.78, 5) is 16.7. The molecule has 0 saturated heterocycles. The normalized spacial score (nSPS) is 20.1. The van der Waals surface area contributed by atoms with Gasteiger partial charge in [-0.15, -0.1) is 0 Å². The highest BCUT2D eigenvalue weighted by Gasteiger charge is 2.32. The Bertz CT molecular complexity index is 697. The number of carbonyl (C=O) groups excluding carboxylic acids is 1. The average Bonchev–Trinajstić information content (AvgIpc) is 2.75. The number of pyridine rings is 1. The molecule has 2 atom stereocenters. The van der Waals surface area contributed by atoms with Crippen LogP contribution in [0.15, 0.2) is 36.4 Å². The molecule has 0 radical (unpaired) electrons. The fourth-order valence-electron chi connectivity index (χ4n) is 2.89. The van der Waals surface area contributed by atoms with Crippen molar-refractivity contribution in [3.05, 3.63) is 64.5 Å². The lowest BCUT2D eigenvalue weighted by molar-refractivity contribution is 0.0857. The van der Waals surface area contributed by atoms with Crippen LogP contribution >= 0.6 is 0 Å². The lowest BCUT2D eigenvalue weighted by Gasteiger charge is -2.18. The van der Waals surface area contributed by atoms with Gasteiger partial charge < -0.3 is 10.4 Å². The summed E-state index contributed by atoms with van der Waals surface area (Å²) in [5.74, 6) is -0.194. The molecular weight excluding hydrogens is 264 g/mol. The molecule has 0 fully saturated rings. The minimum absolute atomic E-state index is 0.194. The lowest BCUT2D eigenvalue weighted by atomic mass is 10.1. The van der Waals surface area contributed by atoms with Crippen molar-refractivity contribution in [1.29, 1.82) is 0 Å². The Labute approximate surface area is 123 Å². The standard InChI is InChI=1S/C17H18N2O2/c1-10-7-8-13(11(2)18-10)17(21)19-16-14-6-4-3-5-12(14)9-15(16)20/h3-8,15-16,20H,9H2,1-2H3,(H,19,21)/t15-,16+/m0/s1. The van der Waals surface area contributed by atoms with Crippen molar-refractivity contribution in [2.75, 3.05) is 0 Å². The maximum atomic E-state index is 12.4. The molecule has 4 heteroatoms. The van der Waals surface area contributed by atoms with Crippen LogP contribution in [-0.2, 0) is 6.42 Å². The van der Waals surface area contributed by atoms with Crippen LogP contribution in [0.4, 0.5) is 0 Å². The van der Waals surface area contributed by atoms with Crippen molar-refractivity contribution >= 4 is 5.91 Å². The molecule has 1 amide bonds. The Morgan fingerprint density at radius 2 is 2.00 bits per heavy atom. The molecule has 1 aliphatic carbocycles. The summed E-state index contributed by atoms with van der Waals surface area (Å²) in [6.07, 6.45) is -0.00300. The summed E-state index contributed by atoms with van der Waals surface area (Å²) >= 11 is 0. The molecule has 2 aromatic rings. The number of hydrogen-bond acceptors (Lipinski definition) is 3. The Morgan fingerprint density at radius 1 is 1.24 bits per heavy atom. The van der Waals surface area contributed by atoms with Gasteiger partial charge in [-0.3, -0.25) is 9.78 Å². The smallest absolute Gasteiger partial charge is 0.253 e. The number of nitrogens with zero attached hydrogens (tertiary/aromatic N) is 1. The minimum Gasteiger partial charge on any atom is -0.390 e. The summed E-state index contributed by atoms with van der Waals surface area (Å²) in [7, 11) is 0. The van der Waals surface area contributed by atoms with Crippen molar-refractivity contribution in [2.24, 2.45) is 0 Å². The number of benzene rings is 1. The fraction of sp³-hybridized carbons (Fsp3) is 0.294. The third-order valence-electron chi connectivity index (χ3n) is 3.96. The number of fused-ring (bicyclic) bond motifs is 1. The van der Waals surface area contributed by atoms with E-state index in [0.717, 1.165) is 16.8 Å². The lowest BCUT2D eigenvalue weighted by Crippen LogP contribution is -2.34. The number of nitrogens with one attached hydrogen (secondary N) is 1. The Hall–Kier alpha value is -2.20. The summed E-state index contributed by atoms with van der Waals surface area (Å²) in [6.45, 7) is 3.71. The first kappa shape index (κ1) is 13.8. The maximum absolute atomic E-state index is 12.4. The van der Waals surface area contributed by atoms with E-state index in [4.69, 9.17) is 0 Å². The van der Waals surface area contributed by atoms with Crippen molar-refractivity contribution in [3.63, 3.8) is 0 Å². The summed E-state index contributed by atoms with van der Waals surface area (Å²) in [5, 5.41) is 13.1. The SMILES string of the molecule is Cc1ccc(C(=O)N[C@@H]2c3ccccc3C[C@@H]2O)c(C)n1. The predicted molar refractivity (Wildman–Crippen MR) is 80.1 cm³/mol. The van der Waals surface area contributed by atoms with Crippen molar-refractivity contribution in [3.8, 4) is 0 Å². The minimum atomic E-state index is -0.579. The van der Waals surface area contributed by atoms with Crippen LogP contribution in [0.5, 0.6) is 0 Å². The van der Waals surface area contributed by atoms with Gasteiger partial charge >= 0.3 is 0 Å². The molecule has 1 aromatic heterocycles. The van der Waals surface area contributed by atoms with Crippen LogP contribution < -0.4 is 5.32 Å². The molecule has 1 aliphatic rings. The van der Waals surface area contributed by atoms with Crippen LogP contribution in [-0.4, -0.2) is 22.1 Å². The van der Waals surface area contributed by atoms with Gasteiger partial charge in [0.15, 0.2) is 0 Å². The fourth-order valence-corrected chi connectivity index (χ4v) is 2.89. The maximum Gasteiger partial charge on any atom is 0.253 e. The molecule has 4 nitrogen and oxygen atoms in total. The third kappa shape index (κ3) is 2.54. The number of aromatic nitrogens is 1. The van der Waals surface area contributed by atoms with Gasteiger partial charge in [0.2, 0.25) is 0 Å². The second kappa shape index (κ2) is 5.30. The zero-order valence-corrected chi connectivity index (χ0v) is 12.1. The van der Waals surface area contributed by atoms with Gasteiger partial charge in [0, 0.05) is 12.1 Å². The summed E-state index contributed by atoms with van der Waals surface area (Å²) in [5.41, 5.74) is 4.23. The van der Waals surface area contributed by atoms with Gasteiger partial charge in [-0.25, -0.2) is 0 Å². The van der Waals surface area contributed by atoms with Gasteiger partial charge in [0.25, 0.3) is 5.91 Å². The number of rotatable bonds is 2. The van der Waals surface area contributed by atoms with Crippen LogP contribution in [0.3, 0.4) is 0 Å². The van der Waals surface area contributed by atoms with Crippen LogP contribution in [0, 0.1) is 13.8 Å². The van der Waals surface area contributed by atoms with E-state index >= 15 is 0 Å². The number of aliphatic hydroxyl groups excluding tert-OH is 1. The monoisotopic (exact) mass is 282 g/mol. The molecule has 3 rings (SSSR count). The molecular formula is C17H18N2O2. The van der Waals surface area contributed by atoms with Crippen molar-refractivity contribution in [2.45, 2.75) is 32.4 Å². The summed E-state index contributed by atoms with van der Waals surface area (Å²) < 4.78 is 0. The molecule has 2 N–H and O–H groups in total.